The number of ketones is 1. The number of anilines is 1. The highest BCUT2D eigenvalue weighted by molar-refractivity contribution is 6.22. The number of hydrogen-bond donors (Lipinski definition) is 0. The summed E-state index contributed by atoms with van der Waals surface area (Å²) in [5.41, 5.74) is 1.21. The predicted octanol–water partition coefficient (Wildman–Crippen LogP) is -0.461. The molecule has 1 saturated heterocycles. The second-order valence-corrected chi connectivity index (χ2v) is 6.24. The van der Waals surface area contributed by atoms with Crippen LogP contribution in [0.5, 0.6) is 5.95 Å². The summed E-state index contributed by atoms with van der Waals surface area (Å²) in [6, 6.07) is 5.62. The number of likely N-dealkylation sites (N-methyl/N-ethyl adjacent to an activating group) is 1. The summed E-state index contributed by atoms with van der Waals surface area (Å²) in [6.45, 7) is 1.57. The van der Waals surface area contributed by atoms with Crippen molar-refractivity contribution in [3.63, 3.8) is 0 Å². The number of carbonyl (C=O) groups excluding carboxylic acids is 3. The standard InChI is InChI=1S/C17H18N4O5/c1-10(22)11-4-6-12(7-5-11)21-15(23)8-13(16(21)24)19(2)9-14-17(25)26-18-20(14)3/h4-7,13H,8-9H2,1-3H3. The molecule has 2 aromatic rings. The Morgan fingerprint density at radius 1 is 1.38 bits per heavy atom. The van der Waals surface area contributed by atoms with E-state index in [4.69, 9.17) is 0 Å². The van der Waals surface area contributed by atoms with E-state index in [1.54, 1.807) is 43.3 Å². The molecule has 1 aliphatic rings. The Labute approximate surface area is 149 Å². The van der Waals surface area contributed by atoms with Gasteiger partial charge < -0.3 is 9.63 Å². The molecule has 3 rings (SSSR count). The van der Waals surface area contributed by atoms with Crippen molar-refractivity contribution >= 4 is 23.3 Å². The first-order valence-electron chi connectivity index (χ1n) is 7.99. The molecule has 0 N–H and O–H groups in total. The minimum absolute atomic E-state index is 0.00692. The van der Waals surface area contributed by atoms with Crippen molar-refractivity contribution in [2.45, 2.75) is 25.9 Å². The molecule has 1 aromatic carbocycles. The quantitative estimate of drug-likeness (QED) is 0.404. The molecule has 1 unspecified atom stereocenters. The van der Waals surface area contributed by atoms with E-state index in [0.29, 0.717) is 11.3 Å². The van der Waals surface area contributed by atoms with E-state index in [2.05, 4.69) is 9.79 Å². The van der Waals surface area contributed by atoms with E-state index in [9.17, 15) is 19.5 Å². The van der Waals surface area contributed by atoms with Crippen molar-refractivity contribution in [3.05, 3.63) is 35.5 Å². The van der Waals surface area contributed by atoms with Crippen molar-refractivity contribution in [2.75, 3.05) is 11.9 Å². The number of aromatic nitrogens is 2. The van der Waals surface area contributed by atoms with E-state index in [0.717, 1.165) is 4.90 Å². The van der Waals surface area contributed by atoms with Crippen molar-refractivity contribution in [2.24, 2.45) is 7.05 Å². The van der Waals surface area contributed by atoms with Gasteiger partial charge in [-0.2, -0.15) is 0 Å². The second-order valence-electron chi connectivity index (χ2n) is 6.24. The van der Waals surface area contributed by atoms with Gasteiger partial charge in [-0.3, -0.25) is 19.3 Å². The molecule has 0 spiro atoms. The van der Waals surface area contributed by atoms with Crippen LogP contribution < -0.4 is 14.7 Å². The lowest BCUT2D eigenvalue weighted by Gasteiger charge is -2.21. The van der Waals surface area contributed by atoms with Crippen molar-refractivity contribution in [3.8, 4) is 5.95 Å². The zero-order valence-electron chi connectivity index (χ0n) is 14.6. The normalized spacial score (nSPS) is 17.4. The van der Waals surface area contributed by atoms with Gasteiger partial charge in [0, 0.05) is 5.56 Å². The SMILES string of the molecule is CC(=O)c1ccc(N2C(=O)CC(N(C)Cc3c([O-])on[n+]3C)C2=O)cc1. The monoisotopic (exact) mass is 358 g/mol. The fourth-order valence-electron chi connectivity index (χ4n) is 2.92. The third-order valence-corrected chi connectivity index (χ3v) is 4.46. The molecule has 2 heterocycles. The smallest absolute Gasteiger partial charge is 0.251 e. The molecule has 0 bridgehead atoms. The molecule has 1 aromatic heterocycles. The summed E-state index contributed by atoms with van der Waals surface area (Å²) in [5.74, 6) is -1.38. The first-order chi connectivity index (χ1) is 12.3. The molecule has 1 aliphatic heterocycles. The molecule has 9 heteroatoms. The van der Waals surface area contributed by atoms with Crippen LogP contribution >= 0.6 is 0 Å². The van der Waals surface area contributed by atoms with Gasteiger partial charge >= 0.3 is 0 Å². The van der Waals surface area contributed by atoms with Gasteiger partial charge in [0.2, 0.25) is 11.6 Å². The van der Waals surface area contributed by atoms with Crippen LogP contribution in [0.25, 0.3) is 0 Å². The first-order valence-corrected chi connectivity index (χ1v) is 7.99. The highest BCUT2D eigenvalue weighted by Gasteiger charge is 2.42. The molecule has 0 saturated carbocycles. The van der Waals surface area contributed by atoms with Crippen molar-refractivity contribution in [1.29, 1.82) is 0 Å². The zero-order chi connectivity index (χ0) is 19.0. The number of hydrogen-bond acceptors (Lipinski definition) is 7. The Morgan fingerprint density at radius 3 is 2.58 bits per heavy atom. The number of aryl methyl sites for hydroxylation is 1. The molecular formula is C17H18N4O5. The van der Waals surface area contributed by atoms with Gasteiger partial charge in [0.1, 0.15) is 0 Å². The minimum Gasteiger partial charge on any atom is -0.539 e. The van der Waals surface area contributed by atoms with Crippen LogP contribution in [0, 0.1) is 0 Å². The number of nitrogens with zero attached hydrogens (tertiary/aromatic N) is 4. The zero-order valence-corrected chi connectivity index (χ0v) is 14.6. The predicted molar refractivity (Wildman–Crippen MR) is 85.9 cm³/mol. The van der Waals surface area contributed by atoms with Gasteiger partial charge in [0.15, 0.2) is 18.8 Å². The molecule has 1 fully saturated rings. The molecule has 136 valence electrons. The molecular weight excluding hydrogens is 340 g/mol. The topological polar surface area (TPSA) is 111 Å². The average molecular weight is 358 g/mol. The van der Waals surface area contributed by atoms with E-state index in [1.165, 1.54) is 11.6 Å². The summed E-state index contributed by atoms with van der Waals surface area (Å²) in [6.07, 6.45) is 0.00692. The minimum atomic E-state index is -0.690. The number of carbonyl (C=O) groups is 3. The largest absolute Gasteiger partial charge is 0.539 e. The lowest BCUT2D eigenvalue weighted by atomic mass is 10.1. The van der Waals surface area contributed by atoms with Crippen LogP contribution in [0.4, 0.5) is 5.69 Å². The third-order valence-electron chi connectivity index (χ3n) is 4.46. The van der Waals surface area contributed by atoms with Gasteiger partial charge in [-0.1, -0.05) is 4.68 Å². The summed E-state index contributed by atoms with van der Waals surface area (Å²) >= 11 is 0. The number of benzene rings is 1. The van der Waals surface area contributed by atoms with Crippen LogP contribution in [-0.4, -0.2) is 40.9 Å². The third kappa shape index (κ3) is 3.08. The maximum atomic E-state index is 12.7. The molecule has 26 heavy (non-hydrogen) atoms. The highest BCUT2D eigenvalue weighted by atomic mass is 16.6. The molecule has 2 amide bonds. The summed E-state index contributed by atoms with van der Waals surface area (Å²) < 4.78 is 5.87. The lowest BCUT2D eigenvalue weighted by Crippen LogP contribution is -2.43. The van der Waals surface area contributed by atoms with Crippen molar-refractivity contribution < 1.29 is 28.7 Å². The van der Waals surface area contributed by atoms with E-state index < -0.39 is 12.0 Å². The maximum Gasteiger partial charge on any atom is 0.251 e. The first kappa shape index (κ1) is 17.7. The van der Waals surface area contributed by atoms with E-state index >= 15 is 0 Å². The Balaban J connectivity index is 1.79. The Kier molecular flexibility index (Phi) is 4.56. The second kappa shape index (κ2) is 6.68. The average Bonchev–Trinajstić information content (AvgIpc) is 3.08. The van der Waals surface area contributed by atoms with Crippen LogP contribution in [-0.2, 0) is 23.2 Å². The number of imide groups is 1. The van der Waals surface area contributed by atoms with E-state index in [1.807, 2.05) is 0 Å². The van der Waals surface area contributed by atoms with E-state index in [-0.39, 0.29) is 36.3 Å². The Hall–Kier alpha value is -3.07. The Morgan fingerprint density at radius 2 is 2.04 bits per heavy atom. The van der Waals surface area contributed by atoms with Crippen LogP contribution in [0.15, 0.2) is 28.8 Å². The fourth-order valence-corrected chi connectivity index (χ4v) is 2.92. The van der Waals surface area contributed by atoms with Gasteiger partial charge in [-0.25, -0.2) is 4.90 Å². The summed E-state index contributed by atoms with van der Waals surface area (Å²) in [7, 11) is 3.23. The van der Waals surface area contributed by atoms with Gasteiger partial charge in [-0.15, -0.1) is 0 Å². The fraction of sp³-hybridized carbons (Fsp3) is 0.353. The molecule has 0 aliphatic carbocycles. The number of rotatable bonds is 5. The van der Waals surface area contributed by atoms with Gasteiger partial charge in [-0.05, 0) is 38.2 Å². The summed E-state index contributed by atoms with van der Waals surface area (Å²) in [5, 5.41) is 15.2. The van der Waals surface area contributed by atoms with Gasteiger partial charge in [0.25, 0.3) is 5.91 Å². The van der Waals surface area contributed by atoms with Crippen LogP contribution in [0.3, 0.4) is 0 Å². The summed E-state index contributed by atoms with van der Waals surface area (Å²) in [4.78, 5) is 39.2. The Bertz CT molecular complexity index is 854. The highest BCUT2D eigenvalue weighted by Crippen LogP contribution is 2.26. The number of amides is 2. The van der Waals surface area contributed by atoms with Gasteiger partial charge in [0.05, 0.1) is 30.0 Å². The molecule has 0 radical (unpaired) electrons. The van der Waals surface area contributed by atoms with Crippen LogP contribution in [0.2, 0.25) is 0 Å². The maximum absolute atomic E-state index is 12.7. The number of Topliss-reactive ketones (excluding diaryl/α,β-unsaturated/α-hetero) is 1. The molecule has 9 nitrogen and oxygen atoms in total. The van der Waals surface area contributed by atoms with Crippen molar-refractivity contribution in [1.82, 2.24) is 10.2 Å². The molecule has 1 atom stereocenters. The van der Waals surface area contributed by atoms with Crippen LogP contribution in [0.1, 0.15) is 29.4 Å². The lowest BCUT2D eigenvalue weighted by molar-refractivity contribution is -0.747.